The van der Waals surface area contributed by atoms with Gasteiger partial charge in [0.25, 0.3) is 5.91 Å². The SMILES string of the molecule is CC(=O)O[C@@H](c1ccccc1)c1cc(OCCO)c(C(N)=O)cn1. The number of ether oxygens (including phenoxy) is 2. The van der Waals surface area contributed by atoms with Crippen molar-refractivity contribution in [2.75, 3.05) is 13.2 Å². The molecular formula is C17H18N2O5. The third-order valence-corrected chi connectivity index (χ3v) is 3.16. The molecule has 0 aliphatic rings. The fraction of sp³-hybridized carbons (Fsp3) is 0.235. The molecule has 1 heterocycles. The molecule has 0 saturated heterocycles. The number of nitrogens with zero attached hydrogens (tertiary/aromatic N) is 1. The Balaban J connectivity index is 2.45. The number of aromatic nitrogens is 1. The van der Waals surface area contributed by atoms with Crippen LogP contribution in [0.15, 0.2) is 42.6 Å². The number of esters is 1. The number of hydrogen-bond donors (Lipinski definition) is 2. The first kappa shape index (κ1) is 17.4. The molecule has 2 rings (SSSR count). The number of primary amides is 1. The minimum atomic E-state index is -0.748. The van der Waals surface area contributed by atoms with Crippen LogP contribution < -0.4 is 10.5 Å². The van der Waals surface area contributed by atoms with Gasteiger partial charge in [0.1, 0.15) is 12.4 Å². The quantitative estimate of drug-likeness (QED) is 0.738. The van der Waals surface area contributed by atoms with Crippen molar-refractivity contribution < 1.29 is 24.2 Å². The van der Waals surface area contributed by atoms with Crippen molar-refractivity contribution >= 4 is 11.9 Å². The number of hydrogen-bond acceptors (Lipinski definition) is 6. The molecule has 7 heteroatoms. The van der Waals surface area contributed by atoms with Crippen LogP contribution in [0.2, 0.25) is 0 Å². The van der Waals surface area contributed by atoms with Crippen molar-refractivity contribution in [3.63, 3.8) is 0 Å². The van der Waals surface area contributed by atoms with Gasteiger partial charge < -0.3 is 20.3 Å². The molecule has 0 unspecified atom stereocenters. The Morgan fingerprint density at radius 3 is 2.58 bits per heavy atom. The second kappa shape index (κ2) is 8.07. The predicted molar refractivity (Wildman–Crippen MR) is 85.4 cm³/mol. The molecule has 0 saturated carbocycles. The summed E-state index contributed by atoms with van der Waals surface area (Å²) in [6.07, 6.45) is 0.520. The van der Waals surface area contributed by atoms with Crippen molar-refractivity contribution in [3.8, 4) is 5.75 Å². The average Bonchev–Trinajstić information content (AvgIpc) is 2.58. The van der Waals surface area contributed by atoms with Gasteiger partial charge in [0.15, 0.2) is 6.10 Å². The van der Waals surface area contributed by atoms with E-state index < -0.39 is 18.0 Å². The van der Waals surface area contributed by atoms with Crippen LogP contribution in [0.3, 0.4) is 0 Å². The molecule has 1 aromatic carbocycles. The number of amides is 1. The van der Waals surface area contributed by atoms with Crippen LogP contribution in [-0.4, -0.2) is 35.2 Å². The number of carbonyl (C=O) groups is 2. The second-order valence-corrected chi connectivity index (χ2v) is 4.94. The van der Waals surface area contributed by atoms with Crippen molar-refractivity contribution in [1.29, 1.82) is 0 Å². The number of rotatable bonds is 7. The summed E-state index contributed by atoms with van der Waals surface area (Å²) < 4.78 is 10.7. The van der Waals surface area contributed by atoms with E-state index in [9.17, 15) is 9.59 Å². The van der Waals surface area contributed by atoms with E-state index in [-0.39, 0.29) is 24.5 Å². The zero-order valence-electron chi connectivity index (χ0n) is 13.1. The van der Waals surface area contributed by atoms with E-state index in [1.54, 1.807) is 12.1 Å². The summed E-state index contributed by atoms with van der Waals surface area (Å²) >= 11 is 0. The summed E-state index contributed by atoms with van der Waals surface area (Å²) in [6.45, 7) is 1.08. The molecule has 1 amide bonds. The maximum Gasteiger partial charge on any atom is 0.303 e. The Kier molecular flexibility index (Phi) is 5.86. The standard InChI is InChI=1S/C17H18N2O5/c1-11(21)24-16(12-5-3-2-4-6-12)14-9-15(23-8-7-20)13(10-19-14)17(18)22/h2-6,9-10,16,20H,7-8H2,1H3,(H2,18,22)/t16-/m0/s1. The summed E-state index contributed by atoms with van der Waals surface area (Å²) in [5.74, 6) is -0.997. The average molecular weight is 330 g/mol. The number of nitrogens with two attached hydrogens (primary N) is 1. The van der Waals surface area contributed by atoms with Crippen molar-refractivity contribution in [1.82, 2.24) is 4.98 Å². The lowest BCUT2D eigenvalue weighted by atomic mass is 10.0. The molecule has 0 bridgehead atoms. The maximum absolute atomic E-state index is 11.5. The third kappa shape index (κ3) is 4.30. The lowest BCUT2D eigenvalue weighted by molar-refractivity contribution is -0.144. The van der Waals surface area contributed by atoms with Gasteiger partial charge >= 0.3 is 5.97 Å². The minimum absolute atomic E-state index is 0.00664. The van der Waals surface area contributed by atoms with E-state index in [0.717, 1.165) is 5.56 Å². The van der Waals surface area contributed by atoms with Crippen LogP contribution in [0.5, 0.6) is 5.75 Å². The molecule has 0 aliphatic carbocycles. The lowest BCUT2D eigenvalue weighted by Crippen LogP contribution is -2.17. The highest BCUT2D eigenvalue weighted by Crippen LogP contribution is 2.28. The number of aliphatic hydroxyl groups excluding tert-OH is 1. The van der Waals surface area contributed by atoms with Crippen molar-refractivity contribution in [2.24, 2.45) is 5.73 Å². The van der Waals surface area contributed by atoms with E-state index in [0.29, 0.717) is 5.69 Å². The van der Waals surface area contributed by atoms with E-state index in [1.165, 1.54) is 19.2 Å². The predicted octanol–water partition coefficient (Wildman–Crippen LogP) is 1.20. The monoisotopic (exact) mass is 330 g/mol. The smallest absolute Gasteiger partial charge is 0.303 e. The van der Waals surface area contributed by atoms with E-state index in [4.69, 9.17) is 20.3 Å². The fourth-order valence-electron chi connectivity index (χ4n) is 2.15. The first-order chi connectivity index (χ1) is 11.5. The topological polar surface area (TPSA) is 112 Å². The molecular weight excluding hydrogens is 312 g/mol. The molecule has 7 nitrogen and oxygen atoms in total. The van der Waals surface area contributed by atoms with E-state index in [2.05, 4.69) is 4.98 Å². The van der Waals surface area contributed by atoms with Crippen LogP contribution in [0, 0.1) is 0 Å². The molecule has 1 aromatic heterocycles. The van der Waals surface area contributed by atoms with Gasteiger partial charge in [-0.25, -0.2) is 0 Å². The van der Waals surface area contributed by atoms with Crippen LogP contribution in [0.1, 0.15) is 34.6 Å². The zero-order chi connectivity index (χ0) is 17.5. The van der Waals surface area contributed by atoms with Crippen molar-refractivity contribution in [3.05, 3.63) is 59.4 Å². The highest BCUT2D eigenvalue weighted by atomic mass is 16.5. The van der Waals surface area contributed by atoms with Crippen LogP contribution in [0.4, 0.5) is 0 Å². The van der Waals surface area contributed by atoms with Gasteiger partial charge in [-0.15, -0.1) is 0 Å². The molecule has 0 radical (unpaired) electrons. The summed E-state index contributed by atoms with van der Waals surface area (Å²) in [6, 6.07) is 10.5. The maximum atomic E-state index is 11.5. The molecule has 1 atom stereocenters. The normalized spacial score (nSPS) is 11.6. The molecule has 126 valence electrons. The molecule has 0 aliphatic heterocycles. The van der Waals surface area contributed by atoms with Crippen LogP contribution in [0.25, 0.3) is 0 Å². The van der Waals surface area contributed by atoms with E-state index in [1.807, 2.05) is 18.2 Å². The minimum Gasteiger partial charge on any atom is -0.490 e. The second-order valence-electron chi connectivity index (χ2n) is 4.94. The molecule has 24 heavy (non-hydrogen) atoms. The Bertz CT molecular complexity index is 718. The van der Waals surface area contributed by atoms with Gasteiger partial charge in [0.05, 0.1) is 17.9 Å². The zero-order valence-corrected chi connectivity index (χ0v) is 13.1. The molecule has 0 spiro atoms. The lowest BCUT2D eigenvalue weighted by Gasteiger charge is -2.18. The van der Waals surface area contributed by atoms with Gasteiger partial charge in [-0.3, -0.25) is 14.6 Å². The Morgan fingerprint density at radius 1 is 1.29 bits per heavy atom. The highest BCUT2D eigenvalue weighted by Gasteiger charge is 2.21. The Hall–Kier alpha value is -2.93. The third-order valence-electron chi connectivity index (χ3n) is 3.16. The Morgan fingerprint density at radius 2 is 2.00 bits per heavy atom. The molecule has 2 aromatic rings. The van der Waals surface area contributed by atoms with Crippen molar-refractivity contribution in [2.45, 2.75) is 13.0 Å². The van der Waals surface area contributed by atoms with Gasteiger partial charge in [0, 0.05) is 19.2 Å². The number of aliphatic hydroxyl groups is 1. The van der Waals surface area contributed by atoms with Crippen LogP contribution >= 0.6 is 0 Å². The summed E-state index contributed by atoms with van der Waals surface area (Å²) in [5, 5.41) is 8.91. The largest absolute Gasteiger partial charge is 0.490 e. The first-order valence-electron chi connectivity index (χ1n) is 7.28. The number of carbonyl (C=O) groups excluding carboxylic acids is 2. The Labute approximate surface area is 139 Å². The van der Waals surface area contributed by atoms with Gasteiger partial charge in [-0.1, -0.05) is 30.3 Å². The first-order valence-corrected chi connectivity index (χ1v) is 7.28. The van der Waals surface area contributed by atoms with E-state index >= 15 is 0 Å². The number of benzene rings is 1. The highest BCUT2D eigenvalue weighted by molar-refractivity contribution is 5.95. The summed E-state index contributed by atoms with van der Waals surface area (Å²) in [5.41, 5.74) is 6.49. The number of pyridine rings is 1. The summed E-state index contributed by atoms with van der Waals surface area (Å²) in [7, 11) is 0. The fourth-order valence-corrected chi connectivity index (χ4v) is 2.15. The van der Waals surface area contributed by atoms with Gasteiger partial charge in [-0.2, -0.15) is 0 Å². The molecule has 0 fully saturated rings. The van der Waals surface area contributed by atoms with Gasteiger partial charge in [0.2, 0.25) is 0 Å². The summed E-state index contributed by atoms with van der Waals surface area (Å²) in [4.78, 5) is 27.1. The van der Waals surface area contributed by atoms with Gasteiger partial charge in [-0.05, 0) is 5.56 Å². The molecule has 3 N–H and O–H groups in total. The van der Waals surface area contributed by atoms with Crippen LogP contribution in [-0.2, 0) is 9.53 Å².